The maximum Gasteiger partial charge on any atom is 0.358 e. The lowest BCUT2D eigenvalue weighted by Gasteiger charge is -2.08. The number of aromatic amines is 1. The van der Waals surface area contributed by atoms with Crippen LogP contribution in [0, 0.1) is 6.92 Å². The molecule has 2 aromatic rings. The first kappa shape index (κ1) is 13.2. The Balaban J connectivity index is 2.11. The number of ether oxygens (including phenoxy) is 2. The van der Waals surface area contributed by atoms with Crippen LogP contribution in [0.25, 0.3) is 0 Å². The van der Waals surface area contributed by atoms with Crippen LogP contribution in [-0.2, 0) is 11.3 Å². The van der Waals surface area contributed by atoms with E-state index in [1.807, 2.05) is 37.3 Å². The van der Waals surface area contributed by atoms with Crippen LogP contribution in [-0.4, -0.2) is 17.6 Å². The molecular weight excluding hydrogens is 242 g/mol. The van der Waals surface area contributed by atoms with Gasteiger partial charge in [-0.3, -0.25) is 0 Å². The Labute approximate surface area is 112 Å². The van der Waals surface area contributed by atoms with Crippen molar-refractivity contribution in [3.05, 3.63) is 53.3 Å². The average molecular weight is 259 g/mol. The molecule has 0 spiro atoms. The molecule has 0 aliphatic carbocycles. The summed E-state index contributed by atoms with van der Waals surface area (Å²) in [7, 11) is 0. The van der Waals surface area contributed by atoms with E-state index in [0.717, 1.165) is 11.1 Å². The molecule has 0 aliphatic rings. The highest BCUT2D eigenvalue weighted by Crippen LogP contribution is 2.24. The molecule has 1 heterocycles. The third-order valence-electron chi connectivity index (χ3n) is 2.72. The van der Waals surface area contributed by atoms with Crippen molar-refractivity contribution in [2.75, 3.05) is 6.61 Å². The number of hydrogen-bond acceptors (Lipinski definition) is 3. The maximum atomic E-state index is 11.8. The van der Waals surface area contributed by atoms with E-state index in [1.54, 1.807) is 13.1 Å². The molecule has 0 radical (unpaired) electrons. The van der Waals surface area contributed by atoms with E-state index in [0.29, 0.717) is 24.7 Å². The van der Waals surface area contributed by atoms with Crippen LogP contribution in [0.2, 0.25) is 0 Å². The highest BCUT2D eigenvalue weighted by molar-refractivity contribution is 5.91. The average Bonchev–Trinajstić information content (AvgIpc) is 2.79. The van der Waals surface area contributed by atoms with Crippen molar-refractivity contribution in [3.63, 3.8) is 0 Å². The first-order valence-corrected chi connectivity index (χ1v) is 6.24. The number of aryl methyl sites for hydroxylation is 1. The predicted molar refractivity (Wildman–Crippen MR) is 72.3 cm³/mol. The van der Waals surface area contributed by atoms with E-state index in [1.165, 1.54) is 0 Å². The maximum absolute atomic E-state index is 11.8. The van der Waals surface area contributed by atoms with Gasteiger partial charge in [0.1, 0.15) is 6.61 Å². The van der Waals surface area contributed by atoms with Crippen molar-refractivity contribution in [2.45, 2.75) is 20.5 Å². The number of hydrogen-bond donors (Lipinski definition) is 1. The quantitative estimate of drug-likeness (QED) is 0.839. The van der Waals surface area contributed by atoms with Gasteiger partial charge >= 0.3 is 5.97 Å². The minimum atomic E-state index is -0.390. The molecule has 19 heavy (non-hydrogen) atoms. The lowest BCUT2D eigenvalue weighted by atomic mass is 10.2. The van der Waals surface area contributed by atoms with Gasteiger partial charge in [0.15, 0.2) is 11.4 Å². The molecule has 0 amide bonds. The molecule has 0 saturated carbocycles. The molecule has 1 aromatic heterocycles. The molecule has 4 heteroatoms. The highest BCUT2D eigenvalue weighted by atomic mass is 16.5. The standard InChI is InChI=1S/C15H17NO3/c1-3-18-15(17)13-14(11(2)9-16-13)19-10-12-7-5-4-6-8-12/h4-9,16H,3,10H2,1-2H3. The number of esters is 1. The summed E-state index contributed by atoms with van der Waals surface area (Å²) >= 11 is 0. The fourth-order valence-electron chi connectivity index (χ4n) is 1.78. The Bertz CT molecular complexity index is 546. The summed E-state index contributed by atoms with van der Waals surface area (Å²) in [5, 5.41) is 0. The van der Waals surface area contributed by atoms with Gasteiger partial charge in [0.05, 0.1) is 6.61 Å². The summed E-state index contributed by atoms with van der Waals surface area (Å²) in [6.45, 7) is 4.43. The lowest BCUT2D eigenvalue weighted by molar-refractivity contribution is 0.0515. The van der Waals surface area contributed by atoms with Crippen molar-refractivity contribution in [1.82, 2.24) is 4.98 Å². The Morgan fingerprint density at radius 2 is 2.00 bits per heavy atom. The summed E-state index contributed by atoms with van der Waals surface area (Å²) in [5.41, 5.74) is 2.31. The predicted octanol–water partition coefficient (Wildman–Crippen LogP) is 3.08. The second kappa shape index (κ2) is 6.09. The molecule has 100 valence electrons. The van der Waals surface area contributed by atoms with Crippen LogP contribution < -0.4 is 4.74 Å². The molecule has 4 nitrogen and oxygen atoms in total. The van der Waals surface area contributed by atoms with E-state index < -0.39 is 5.97 Å². The van der Waals surface area contributed by atoms with E-state index in [-0.39, 0.29) is 0 Å². The number of aromatic nitrogens is 1. The van der Waals surface area contributed by atoms with E-state index in [9.17, 15) is 4.79 Å². The zero-order valence-electron chi connectivity index (χ0n) is 11.1. The van der Waals surface area contributed by atoms with Crippen molar-refractivity contribution < 1.29 is 14.3 Å². The number of nitrogens with one attached hydrogen (secondary N) is 1. The molecule has 0 fully saturated rings. The van der Waals surface area contributed by atoms with Crippen LogP contribution in [0.3, 0.4) is 0 Å². The number of H-pyrrole nitrogens is 1. The van der Waals surface area contributed by atoms with E-state index in [2.05, 4.69) is 4.98 Å². The molecule has 0 saturated heterocycles. The van der Waals surface area contributed by atoms with E-state index in [4.69, 9.17) is 9.47 Å². The van der Waals surface area contributed by atoms with Gasteiger partial charge in [-0.15, -0.1) is 0 Å². The molecule has 1 N–H and O–H groups in total. The van der Waals surface area contributed by atoms with Crippen LogP contribution in [0.4, 0.5) is 0 Å². The number of rotatable bonds is 5. The van der Waals surface area contributed by atoms with Gasteiger partial charge in [0, 0.05) is 11.8 Å². The highest BCUT2D eigenvalue weighted by Gasteiger charge is 2.18. The monoisotopic (exact) mass is 259 g/mol. The smallest absolute Gasteiger partial charge is 0.358 e. The Morgan fingerprint density at radius 3 is 2.68 bits per heavy atom. The summed E-state index contributed by atoms with van der Waals surface area (Å²) in [6.07, 6.45) is 1.74. The normalized spacial score (nSPS) is 10.2. The molecular formula is C15H17NO3. The Kier molecular flexibility index (Phi) is 4.23. The molecule has 1 aromatic carbocycles. The van der Waals surface area contributed by atoms with Gasteiger partial charge in [-0.05, 0) is 19.4 Å². The van der Waals surface area contributed by atoms with Crippen molar-refractivity contribution in [2.24, 2.45) is 0 Å². The van der Waals surface area contributed by atoms with Crippen LogP contribution in [0.15, 0.2) is 36.5 Å². The van der Waals surface area contributed by atoms with Crippen LogP contribution >= 0.6 is 0 Å². The molecule has 0 bridgehead atoms. The minimum Gasteiger partial charge on any atom is -0.486 e. The molecule has 0 atom stereocenters. The first-order valence-electron chi connectivity index (χ1n) is 6.24. The van der Waals surface area contributed by atoms with Gasteiger partial charge in [0.25, 0.3) is 0 Å². The Morgan fingerprint density at radius 1 is 1.26 bits per heavy atom. The third-order valence-corrected chi connectivity index (χ3v) is 2.72. The fraction of sp³-hybridized carbons (Fsp3) is 0.267. The van der Waals surface area contributed by atoms with Gasteiger partial charge < -0.3 is 14.5 Å². The van der Waals surface area contributed by atoms with Gasteiger partial charge in [-0.25, -0.2) is 4.79 Å². The van der Waals surface area contributed by atoms with Gasteiger partial charge in [-0.1, -0.05) is 30.3 Å². The first-order chi connectivity index (χ1) is 9.22. The second-order valence-electron chi connectivity index (χ2n) is 4.17. The summed E-state index contributed by atoms with van der Waals surface area (Å²) < 4.78 is 10.7. The summed E-state index contributed by atoms with van der Waals surface area (Å²) in [4.78, 5) is 14.7. The minimum absolute atomic E-state index is 0.342. The summed E-state index contributed by atoms with van der Waals surface area (Å²) in [5.74, 6) is 0.168. The zero-order chi connectivity index (χ0) is 13.7. The topological polar surface area (TPSA) is 51.3 Å². The molecule has 0 unspecified atom stereocenters. The van der Waals surface area contributed by atoms with Crippen LogP contribution in [0.1, 0.15) is 28.5 Å². The second-order valence-corrected chi connectivity index (χ2v) is 4.17. The molecule has 2 rings (SSSR count). The summed E-state index contributed by atoms with van der Waals surface area (Å²) in [6, 6.07) is 9.82. The lowest BCUT2D eigenvalue weighted by Crippen LogP contribution is -2.08. The number of carbonyl (C=O) groups excluding carboxylic acids is 1. The fourth-order valence-corrected chi connectivity index (χ4v) is 1.78. The largest absolute Gasteiger partial charge is 0.486 e. The van der Waals surface area contributed by atoms with Gasteiger partial charge in [0.2, 0.25) is 0 Å². The Hall–Kier alpha value is -2.23. The molecule has 0 aliphatic heterocycles. The zero-order valence-corrected chi connectivity index (χ0v) is 11.1. The van der Waals surface area contributed by atoms with Gasteiger partial charge in [-0.2, -0.15) is 0 Å². The van der Waals surface area contributed by atoms with Crippen molar-refractivity contribution in [1.29, 1.82) is 0 Å². The SMILES string of the molecule is CCOC(=O)c1[nH]cc(C)c1OCc1ccccc1. The van der Waals surface area contributed by atoms with Crippen molar-refractivity contribution >= 4 is 5.97 Å². The van der Waals surface area contributed by atoms with Crippen LogP contribution in [0.5, 0.6) is 5.75 Å². The van der Waals surface area contributed by atoms with E-state index >= 15 is 0 Å². The number of benzene rings is 1. The third kappa shape index (κ3) is 3.16. The number of carbonyl (C=O) groups is 1. The van der Waals surface area contributed by atoms with Crippen molar-refractivity contribution in [3.8, 4) is 5.75 Å².